The number of carbonyl (C=O) groups is 2. The fourth-order valence-electron chi connectivity index (χ4n) is 5.36. The average Bonchev–Trinajstić information content (AvgIpc) is 3.55. The number of Topliss-reactive ketones (excluding diaryl/α,β-unsaturated/α-hetero) is 1. The number of allylic oxidation sites excluding steroid dienone is 1. The van der Waals surface area contributed by atoms with E-state index in [1.807, 2.05) is 78.2 Å². The molecule has 0 bridgehead atoms. The first kappa shape index (κ1) is 26.0. The van der Waals surface area contributed by atoms with Crippen LogP contribution in [0.15, 0.2) is 96.4 Å². The molecule has 1 aromatic heterocycles. The Hall–Kier alpha value is -3.65. The predicted octanol–water partition coefficient (Wildman–Crippen LogP) is 5.90. The Kier molecular flexibility index (Phi) is 7.79. The summed E-state index contributed by atoms with van der Waals surface area (Å²) in [6.07, 6.45) is 3.74. The molecule has 0 radical (unpaired) electrons. The normalized spacial score (nSPS) is 18.6. The number of carbonyl (C=O) groups excluding carboxylic acids is 2. The molecule has 1 amide bonds. The smallest absolute Gasteiger partial charge is 0.244 e. The van der Waals surface area contributed by atoms with Crippen LogP contribution in [0.2, 0.25) is 0 Å². The number of amides is 1. The Morgan fingerprint density at radius 1 is 0.974 bits per heavy atom. The minimum Gasteiger partial charge on any atom is -0.340 e. The van der Waals surface area contributed by atoms with Gasteiger partial charge in [-0.3, -0.25) is 14.8 Å². The first-order chi connectivity index (χ1) is 18.6. The van der Waals surface area contributed by atoms with Crippen molar-refractivity contribution >= 4 is 34.4 Å². The summed E-state index contributed by atoms with van der Waals surface area (Å²) in [5.41, 5.74) is 12.2. The molecular formula is C31H31N3O3S. The van der Waals surface area contributed by atoms with Crippen LogP contribution in [0.25, 0.3) is 22.2 Å². The van der Waals surface area contributed by atoms with Crippen molar-refractivity contribution in [3.05, 3.63) is 108 Å². The Balaban J connectivity index is 1.62. The molecule has 4 aromatic rings. The van der Waals surface area contributed by atoms with Crippen LogP contribution in [0.1, 0.15) is 35.2 Å². The summed E-state index contributed by atoms with van der Waals surface area (Å²) >= 11 is 1.42. The molecule has 6 nitrogen and oxygen atoms in total. The lowest BCUT2D eigenvalue weighted by Gasteiger charge is -2.33. The summed E-state index contributed by atoms with van der Waals surface area (Å²) in [6, 6.07) is 27.9. The van der Waals surface area contributed by atoms with Gasteiger partial charge in [-0.05, 0) is 48.1 Å². The number of rotatable bonds is 10. The van der Waals surface area contributed by atoms with Crippen molar-refractivity contribution in [1.29, 1.82) is 0 Å². The number of nitrogens with one attached hydrogen (secondary N) is 1. The molecule has 194 valence electrons. The maximum absolute atomic E-state index is 14.5. The van der Waals surface area contributed by atoms with Gasteiger partial charge in [-0.2, -0.15) is 0 Å². The molecule has 0 saturated carbocycles. The van der Waals surface area contributed by atoms with Gasteiger partial charge in [0.15, 0.2) is 5.78 Å². The van der Waals surface area contributed by atoms with Crippen molar-refractivity contribution in [2.45, 2.75) is 30.6 Å². The highest BCUT2D eigenvalue weighted by Gasteiger charge is 2.49. The Bertz CT molecular complexity index is 1470. The van der Waals surface area contributed by atoms with Crippen molar-refractivity contribution in [3.63, 3.8) is 0 Å². The Morgan fingerprint density at radius 3 is 2.42 bits per heavy atom. The van der Waals surface area contributed by atoms with Crippen LogP contribution < -0.4 is 11.2 Å². The lowest BCUT2D eigenvalue weighted by Crippen LogP contribution is -2.39. The van der Waals surface area contributed by atoms with Crippen molar-refractivity contribution < 1.29 is 14.8 Å². The molecule has 1 aliphatic rings. The molecule has 0 saturated heterocycles. The van der Waals surface area contributed by atoms with E-state index in [1.165, 1.54) is 11.8 Å². The Labute approximate surface area is 226 Å². The van der Waals surface area contributed by atoms with Gasteiger partial charge < -0.3 is 10.3 Å². The van der Waals surface area contributed by atoms with Gasteiger partial charge >= 0.3 is 0 Å². The molecule has 0 aliphatic carbocycles. The van der Waals surface area contributed by atoms with E-state index in [4.69, 9.17) is 5.73 Å². The SMILES string of the molecule is NCCCCn1c(-c2ccccc2)cc2ccc(C(=O)C3(c4ccccc4)SC=CC3CC(=O)NO)cc21. The molecular weight excluding hydrogens is 494 g/mol. The zero-order chi connectivity index (χ0) is 26.5. The third-order valence-corrected chi connectivity index (χ3v) is 8.62. The second-order valence-corrected chi connectivity index (χ2v) is 10.7. The van der Waals surface area contributed by atoms with Crippen molar-refractivity contribution in [2.75, 3.05) is 6.54 Å². The van der Waals surface area contributed by atoms with Crippen LogP contribution >= 0.6 is 11.8 Å². The molecule has 5 rings (SSSR count). The Morgan fingerprint density at radius 2 is 1.71 bits per heavy atom. The van der Waals surface area contributed by atoms with Crippen LogP contribution in [-0.2, 0) is 16.1 Å². The van der Waals surface area contributed by atoms with E-state index in [0.717, 1.165) is 47.1 Å². The highest BCUT2D eigenvalue weighted by molar-refractivity contribution is 8.04. The number of ketones is 1. The summed E-state index contributed by atoms with van der Waals surface area (Å²) in [5, 5.41) is 12.2. The van der Waals surface area contributed by atoms with Gasteiger partial charge in [-0.1, -0.05) is 78.9 Å². The van der Waals surface area contributed by atoms with E-state index < -0.39 is 16.6 Å². The van der Waals surface area contributed by atoms with Gasteiger partial charge in [0.1, 0.15) is 4.75 Å². The molecule has 2 unspecified atom stereocenters. The maximum Gasteiger partial charge on any atom is 0.244 e. The first-order valence-electron chi connectivity index (χ1n) is 12.8. The van der Waals surface area contributed by atoms with E-state index in [9.17, 15) is 14.8 Å². The molecule has 38 heavy (non-hydrogen) atoms. The first-order valence-corrected chi connectivity index (χ1v) is 13.7. The number of unbranched alkanes of at least 4 members (excludes halogenated alkanes) is 1. The highest BCUT2D eigenvalue weighted by atomic mass is 32.2. The number of fused-ring (bicyclic) bond motifs is 1. The van der Waals surface area contributed by atoms with Gasteiger partial charge in [0, 0.05) is 41.0 Å². The molecule has 7 heteroatoms. The highest BCUT2D eigenvalue weighted by Crippen LogP contribution is 2.52. The zero-order valence-electron chi connectivity index (χ0n) is 21.0. The standard InChI is InChI=1S/C31H31N3O3S/c32-16-7-8-17-34-27(22-9-3-1-4-10-22)19-23-13-14-24(20-28(23)34)30(36)31(25-11-5-2-6-12-25)26(15-18-38-31)21-29(35)33-37/h1-6,9-15,18-20,26,37H,7-8,16-17,21,32H2,(H,33,35). The monoisotopic (exact) mass is 525 g/mol. The molecule has 2 heterocycles. The molecule has 0 spiro atoms. The van der Waals surface area contributed by atoms with E-state index in [1.54, 1.807) is 5.48 Å². The van der Waals surface area contributed by atoms with E-state index in [2.05, 4.69) is 22.8 Å². The van der Waals surface area contributed by atoms with Crippen LogP contribution in [0.5, 0.6) is 0 Å². The number of benzene rings is 3. The second kappa shape index (κ2) is 11.4. The minimum absolute atomic E-state index is 0.00347. The average molecular weight is 526 g/mol. The van der Waals surface area contributed by atoms with E-state index in [0.29, 0.717) is 12.1 Å². The molecule has 1 aliphatic heterocycles. The number of thioether (sulfide) groups is 1. The van der Waals surface area contributed by atoms with Crippen molar-refractivity contribution in [1.82, 2.24) is 10.0 Å². The van der Waals surface area contributed by atoms with E-state index in [-0.39, 0.29) is 12.2 Å². The predicted molar refractivity (Wildman–Crippen MR) is 153 cm³/mol. The minimum atomic E-state index is -1.01. The molecule has 3 aromatic carbocycles. The summed E-state index contributed by atoms with van der Waals surface area (Å²) in [4.78, 5) is 26.7. The number of hydrogen-bond acceptors (Lipinski definition) is 5. The molecule has 0 fully saturated rings. The quantitative estimate of drug-likeness (QED) is 0.104. The number of nitrogens with two attached hydrogens (primary N) is 1. The van der Waals surface area contributed by atoms with Gasteiger partial charge in [0.2, 0.25) is 5.91 Å². The molecule has 2 atom stereocenters. The largest absolute Gasteiger partial charge is 0.340 e. The molecule has 4 N–H and O–H groups in total. The van der Waals surface area contributed by atoms with Gasteiger partial charge in [-0.25, -0.2) is 5.48 Å². The van der Waals surface area contributed by atoms with Gasteiger partial charge in [0.05, 0.1) is 0 Å². The van der Waals surface area contributed by atoms with Crippen LogP contribution in [0.4, 0.5) is 0 Å². The summed E-state index contributed by atoms with van der Waals surface area (Å²) in [7, 11) is 0. The van der Waals surface area contributed by atoms with Crippen molar-refractivity contribution in [2.24, 2.45) is 11.7 Å². The third-order valence-electron chi connectivity index (χ3n) is 7.23. The third kappa shape index (κ3) is 4.80. The fourth-order valence-corrected chi connectivity index (χ4v) is 6.67. The topological polar surface area (TPSA) is 97.4 Å². The fraction of sp³-hybridized carbons (Fsp3) is 0.226. The summed E-state index contributed by atoms with van der Waals surface area (Å²) in [6.45, 7) is 1.43. The summed E-state index contributed by atoms with van der Waals surface area (Å²) in [5.74, 6) is -0.999. The summed E-state index contributed by atoms with van der Waals surface area (Å²) < 4.78 is 1.27. The lowest BCUT2D eigenvalue weighted by atomic mass is 9.78. The number of hydrogen-bond donors (Lipinski definition) is 3. The maximum atomic E-state index is 14.5. The lowest BCUT2D eigenvalue weighted by molar-refractivity contribution is -0.129. The number of aryl methyl sites for hydroxylation is 1. The number of hydroxylamine groups is 1. The van der Waals surface area contributed by atoms with Crippen LogP contribution in [0, 0.1) is 5.92 Å². The number of aromatic nitrogens is 1. The second-order valence-electron chi connectivity index (χ2n) is 9.54. The zero-order valence-corrected chi connectivity index (χ0v) is 21.9. The van der Waals surface area contributed by atoms with Crippen LogP contribution in [0.3, 0.4) is 0 Å². The van der Waals surface area contributed by atoms with Crippen molar-refractivity contribution in [3.8, 4) is 11.3 Å². The van der Waals surface area contributed by atoms with Gasteiger partial charge in [0.25, 0.3) is 0 Å². The number of nitrogens with zero attached hydrogens (tertiary/aromatic N) is 1. The van der Waals surface area contributed by atoms with E-state index >= 15 is 0 Å². The van der Waals surface area contributed by atoms with Gasteiger partial charge in [-0.15, -0.1) is 11.8 Å². The van der Waals surface area contributed by atoms with Crippen LogP contribution in [-0.4, -0.2) is 28.0 Å².